The number of phosphoric ester groups is 1. The number of rotatable bonds is 61. The van der Waals surface area contributed by atoms with Gasteiger partial charge in [0.2, 0.25) is 0 Å². The van der Waals surface area contributed by atoms with Crippen molar-refractivity contribution in [2.24, 2.45) is 5.73 Å². The Morgan fingerprint density at radius 1 is 0.408 bits per heavy atom. The lowest BCUT2D eigenvalue weighted by atomic mass is 10.0. The van der Waals surface area contributed by atoms with Crippen LogP contribution >= 0.6 is 7.82 Å². The molecule has 0 rings (SSSR count). The van der Waals surface area contributed by atoms with Crippen molar-refractivity contribution >= 4 is 19.8 Å². The third-order valence-electron chi connectivity index (χ3n) is 14.1. The fraction of sp³-hybridized carbons (Fsp3) is 0.818. The van der Waals surface area contributed by atoms with Crippen LogP contribution in [0.1, 0.15) is 316 Å². The predicted octanol–water partition coefficient (Wildman–Crippen LogP) is 20.7. The van der Waals surface area contributed by atoms with Crippen molar-refractivity contribution in [1.82, 2.24) is 0 Å². The molecule has 2 unspecified atom stereocenters. The second-order valence-electron chi connectivity index (χ2n) is 21.6. The van der Waals surface area contributed by atoms with Crippen LogP contribution in [-0.2, 0) is 32.7 Å². The quantitative estimate of drug-likeness (QED) is 0.0264. The normalized spacial score (nSPS) is 13.4. The van der Waals surface area contributed by atoms with Gasteiger partial charge in [-0.15, -0.1) is 0 Å². The highest BCUT2D eigenvalue weighted by Crippen LogP contribution is 2.43. The van der Waals surface area contributed by atoms with E-state index in [1.807, 2.05) is 0 Å². The van der Waals surface area contributed by atoms with Crippen LogP contribution in [0.4, 0.5) is 0 Å². The standard InChI is InChI=1S/C66H122NO8P/c1-3-5-7-9-11-13-15-17-19-21-22-23-24-25-26-27-28-29-30-31-32-33-34-35-36-37-38-39-40-41-42-43-45-47-49-51-53-55-57-59-66(69)75-64(63-74-76(70,71)73-61-60-67)62-72-65(68)58-56-54-52-50-48-46-44-20-18-16-14-12-10-8-6-4-2/h5,7,11,13,17,19-20,22-23,44,64H,3-4,6,8-10,12,14-16,18,21,24-43,45-63,67H2,1-2H3,(H,70,71)/b7-5-,13-11-,19-17-,23-22-,44-20-. The average Bonchev–Trinajstić information content (AvgIpc) is 3.41. The van der Waals surface area contributed by atoms with Crippen LogP contribution < -0.4 is 5.73 Å². The molecule has 9 nitrogen and oxygen atoms in total. The van der Waals surface area contributed by atoms with Crippen LogP contribution in [0, 0.1) is 0 Å². The SMILES string of the molecule is CC/C=C\C/C=C\C/C=C\C/C=C\CCCCCCCCCCCCCCCCCCCCCCCCCCCCC(=O)OC(COC(=O)CCCCCCC/C=C\CCCCCCCCC)COP(=O)(O)OCCN. The summed E-state index contributed by atoms with van der Waals surface area (Å²) < 4.78 is 33.0. The van der Waals surface area contributed by atoms with E-state index in [4.69, 9.17) is 24.3 Å². The van der Waals surface area contributed by atoms with Gasteiger partial charge < -0.3 is 20.1 Å². The first-order valence-electron chi connectivity index (χ1n) is 32.3. The molecule has 0 amide bonds. The Balaban J connectivity index is 3.77. The van der Waals surface area contributed by atoms with Crippen molar-refractivity contribution < 1.29 is 37.6 Å². The Labute approximate surface area is 469 Å². The minimum atomic E-state index is -4.39. The molecule has 0 saturated heterocycles. The number of nitrogens with two attached hydrogens (primary N) is 1. The molecule has 0 aromatic rings. The maximum atomic E-state index is 12.7. The van der Waals surface area contributed by atoms with E-state index < -0.39 is 26.5 Å². The zero-order valence-corrected chi connectivity index (χ0v) is 50.6. The Bertz CT molecular complexity index is 1430. The van der Waals surface area contributed by atoms with Gasteiger partial charge in [-0.2, -0.15) is 0 Å². The summed E-state index contributed by atoms with van der Waals surface area (Å²) in [5.74, 6) is -0.823. The van der Waals surface area contributed by atoms with Crippen LogP contribution in [-0.4, -0.2) is 49.3 Å². The molecule has 0 heterocycles. The molecule has 0 bridgehead atoms. The van der Waals surface area contributed by atoms with Gasteiger partial charge in [-0.3, -0.25) is 18.6 Å². The van der Waals surface area contributed by atoms with E-state index in [-0.39, 0.29) is 38.6 Å². The van der Waals surface area contributed by atoms with Crippen molar-refractivity contribution in [3.05, 3.63) is 60.8 Å². The van der Waals surface area contributed by atoms with Crippen LogP contribution in [0.25, 0.3) is 0 Å². The number of ether oxygens (including phenoxy) is 2. The molecule has 0 aromatic carbocycles. The third-order valence-corrected chi connectivity index (χ3v) is 15.1. The number of esters is 2. The molecule has 2 atom stereocenters. The maximum Gasteiger partial charge on any atom is 0.472 e. The van der Waals surface area contributed by atoms with Crippen LogP contribution in [0.2, 0.25) is 0 Å². The molecular weight excluding hydrogens is 966 g/mol. The Morgan fingerprint density at radius 2 is 0.724 bits per heavy atom. The Morgan fingerprint density at radius 3 is 1.09 bits per heavy atom. The van der Waals surface area contributed by atoms with E-state index in [0.29, 0.717) is 6.42 Å². The Kier molecular flexibility index (Phi) is 60.0. The molecular formula is C66H122NO8P. The van der Waals surface area contributed by atoms with E-state index in [2.05, 4.69) is 74.6 Å². The molecule has 444 valence electrons. The summed E-state index contributed by atoms with van der Waals surface area (Å²) in [5.41, 5.74) is 5.38. The molecule has 3 N–H and O–H groups in total. The molecule has 0 aliphatic carbocycles. The van der Waals surface area contributed by atoms with E-state index >= 15 is 0 Å². The lowest BCUT2D eigenvalue weighted by Gasteiger charge is -2.19. The third kappa shape index (κ3) is 60.9. The van der Waals surface area contributed by atoms with E-state index in [9.17, 15) is 19.0 Å². The van der Waals surface area contributed by atoms with Gasteiger partial charge in [-0.05, 0) is 77.0 Å². The minimum absolute atomic E-state index is 0.0535. The molecule has 0 spiro atoms. The number of hydrogen-bond donors (Lipinski definition) is 2. The highest BCUT2D eigenvalue weighted by molar-refractivity contribution is 7.47. The summed E-state index contributed by atoms with van der Waals surface area (Å²) in [5, 5.41) is 0. The van der Waals surface area contributed by atoms with Crippen LogP contribution in [0.15, 0.2) is 60.8 Å². The van der Waals surface area contributed by atoms with E-state index in [1.54, 1.807) is 0 Å². The fourth-order valence-electron chi connectivity index (χ4n) is 9.39. The molecule has 0 aliphatic rings. The largest absolute Gasteiger partial charge is 0.472 e. The highest BCUT2D eigenvalue weighted by Gasteiger charge is 2.26. The van der Waals surface area contributed by atoms with Crippen LogP contribution in [0.5, 0.6) is 0 Å². The zero-order valence-electron chi connectivity index (χ0n) is 49.7. The van der Waals surface area contributed by atoms with Crippen molar-refractivity contribution in [3.63, 3.8) is 0 Å². The number of allylic oxidation sites excluding steroid dienone is 10. The maximum absolute atomic E-state index is 12.7. The monoisotopic (exact) mass is 1090 g/mol. The molecule has 76 heavy (non-hydrogen) atoms. The summed E-state index contributed by atoms with van der Waals surface area (Å²) in [7, 11) is -4.39. The van der Waals surface area contributed by atoms with Gasteiger partial charge in [0.1, 0.15) is 6.61 Å². The highest BCUT2D eigenvalue weighted by atomic mass is 31.2. The molecule has 0 aliphatic heterocycles. The number of carbonyl (C=O) groups excluding carboxylic acids is 2. The number of carbonyl (C=O) groups is 2. The van der Waals surface area contributed by atoms with Gasteiger partial charge in [-0.1, -0.05) is 286 Å². The molecule has 10 heteroatoms. The van der Waals surface area contributed by atoms with E-state index in [1.165, 1.54) is 205 Å². The minimum Gasteiger partial charge on any atom is -0.462 e. The van der Waals surface area contributed by atoms with Gasteiger partial charge in [0, 0.05) is 19.4 Å². The second-order valence-corrected chi connectivity index (χ2v) is 23.1. The smallest absolute Gasteiger partial charge is 0.462 e. The number of phosphoric acid groups is 1. The summed E-state index contributed by atoms with van der Waals surface area (Å²) in [6.45, 7) is 3.66. The van der Waals surface area contributed by atoms with Crippen molar-refractivity contribution in [2.75, 3.05) is 26.4 Å². The van der Waals surface area contributed by atoms with Gasteiger partial charge in [0.05, 0.1) is 13.2 Å². The first-order chi connectivity index (χ1) is 37.3. The van der Waals surface area contributed by atoms with Gasteiger partial charge in [0.25, 0.3) is 0 Å². The summed E-state index contributed by atoms with van der Waals surface area (Å²) in [4.78, 5) is 35.2. The average molecular weight is 1090 g/mol. The second kappa shape index (κ2) is 61.9. The molecule has 0 radical (unpaired) electrons. The first-order valence-corrected chi connectivity index (χ1v) is 33.8. The number of hydrogen-bond acceptors (Lipinski definition) is 8. The van der Waals surface area contributed by atoms with Gasteiger partial charge in [-0.25, -0.2) is 4.57 Å². The fourth-order valence-corrected chi connectivity index (χ4v) is 10.2. The van der Waals surface area contributed by atoms with Gasteiger partial charge in [0.15, 0.2) is 6.10 Å². The summed E-state index contributed by atoms with van der Waals surface area (Å²) in [6.07, 6.45) is 78.9. The zero-order chi connectivity index (χ0) is 55.2. The van der Waals surface area contributed by atoms with E-state index in [0.717, 1.165) is 77.0 Å². The first kappa shape index (κ1) is 73.7. The summed E-state index contributed by atoms with van der Waals surface area (Å²) in [6, 6.07) is 0. The Hall–Kier alpha value is -2.29. The molecule has 0 fully saturated rings. The lowest BCUT2D eigenvalue weighted by Crippen LogP contribution is -2.29. The molecule has 0 aromatic heterocycles. The van der Waals surface area contributed by atoms with Crippen molar-refractivity contribution in [1.29, 1.82) is 0 Å². The molecule has 0 saturated carbocycles. The lowest BCUT2D eigenvalue weighted by molar-refractivity contribution is -0.161. The van der Waals surface area contributed by atoms with Crippen molar-refractivity contribution in [3.8, 4) is 0 Å². The van der Waals surface area contributed by atoms with Crippen LogP contribution in [0.3, 0.4) is 0 Å². The predicted molar refractivity (Wildman–Crippen MR) is 326 cm³/mol. The van der Waals surface area contributed by atoms with Crippen molar-refractivity contribution in [2.45, 2.75) is 322 Å². The summed E-state index contributed by atoms with van der Waals surface area (Å²) >= 11 is 0. The topological polar surface area (TPSA) is 134 Å². The number of unbranched alkanes of at least 4 members (excludes halogenated alkanes) is 38. The van der Waals surface area contributed by atoms with Gasteiger partial charge >= 0.3 is 19.8 Å².